The zero-order chi connectivity index (χ0) is 22.9. The molecule has 0 aromatic heterocycles. The molecule has 3 heteroatoms. The molecule has 1 heterocycles. The van der Waals surface area contributed by atoms with Crippen LogP contribution in [0.3, 0.4) is 0 Å². The van der Waals surface area contributed by atoms with Gasteiger partial charge in [0.1, 0.15) is 5.82 Å². The summed E-state index contributed by atoms with van der Waals surface area (Å²) < 4.78 is 18.5. The van der Waals surface area contributed by atoms with Gasteiger partial charge < -0.3 is 4.74 Å². The molecule has 2 nitrogen and oxygen atoms in total. The van der Waals surface area contributed by atoms with Crippen LogP contribution in [0.15, 0.2) is 29.8 Å². The number of benzene rings is 1. The van der Waals surface area contributed by atoms with E-state index in [-0.39, 0.29) is 11.8 Å². The van der Waals surface area contributed by atoms with E-state index in [4.69, 9.17) is 4.74 Å². The molecule has 1 aliphatic heterocycles. The molecular formula is C29H45FO2. The minimum atomic E-state index is -0.243. The van der Waals surface area contributed by atoms with Crippen molar-refractivity contribution in [3.8, 4) is 0 Å². The van der Waals surface area contributed by atoms with Crippen LogP contribution in [0.25, 0.3) is 5.57 Å². The smallest absolute Gasteiger partial charge is 0.334 e. The first kappa shape index (κ1) is 26.6. The lowest BCUT2D eigenvalue weighted by molar-refractivity contribution is -0.139. The van der Waals surface area contributed by atoms with Crippen LogP contribution in [0.2, 0.25) is 0 Å². The molecule has 1 aliphatic rings. The number of esters is 1. The van der Waals surface area contributed by atoms with Gasteiger partial charge >= 0.3 is 5.97 Å². The molecule has 1 aromatic carbocycles. The van der Waals surface area contributed by atoms with Gasteiger partial charge in [0.25, 0.3) is 0 Å². The summed E-state index contributed by atoms with van der Waals surface area (Å²) in [5.74, 6) is -0.427. The maximum Gasteiger partial charge on any atom is 0.334 e. The second kappa shape index (κ2) is 16.9. The Morgan fingerprint density at radius 2 is 1.19 bits per heavy atom. The molecule has 0 unspecified atom stereocenters. The first-order valence-corrected chi connectivity index (χ1v) is 13.4. The van der Waals surface area contributed by atoms with E-state index in [2.05, 4.69) is 6.92 Å². The third-order valence-electron chi connectivity index (χ3n) is 6.67. The van der Waals surface area contributed by atoms with Crippen LogP contribution in [-0.2, 0) is 9.53 Å². The molecule has 32 heavy (non-hydrogen) atoms. The highest BCUT2D eigenvalue weighted by molar-refractivity contribution is 5.98. The summed E-state index contributed by atoms with van der Waals surface area (Å²) in [6.45, 7) is 2.70. The van der Waals surface area contributed by atoms with Gasteiger partial charge in [-0.2, -0.15) is 0 Å². The normalized spacial score (nSPS) is 14.1. The molecule has 0 radical (unpaired) electrons. The van der Waals surface area contributed by atoms with Gasteiger partial charge in [-0.05, 0) is 36.1 Å². The van der Waals surface area contributed by atoms with Gasteiger partial charge in [-0.25, -0.2) is 9.18 Å². The average molecular weight is 445 g/mol. The van der Waals surface area contributed by atoms with Crippen molar-refractivity contribution in [1.82, 2.24) is 0 Å². The predicted octanol–water partition coefficient (Wildman–Crippen LogP) is 9.18. The third kappa shape index (κ3) is 10.8. The molecule has 0 spiro atoms. The van der Waals surface area contributed by atoms with Crippen LogP contribution in [0.5, 0.6) is 0 Å². The number of carbonyl (C=O) groups is 1. The largest absolute Gasteiger partial charge is 0.462 e. The number of halogens is 1. The van der Waals surface area contributed by atoms with Crippen LogP contribution in [0.4, 0.5) is 4.39 Å². The Balaban J connectivity index is 1.50. The number of hydrogen-bond donors (Lipinski definition) is 0. The zero-order valence-electron chi connectivity index (χ0n) is 20.4. The highest BCUT2D eigenvalue weighted by Gasteiger charge is 2.22. The van der Waals surface area contributed by atoms with Gasteiger partial charge in [-0.1, -0.05) is 115 Å². The minimum absolute atomic E-state index is 0.184. The van der Waals surface area contributed by atoms with Crippen LogP contribution < -0.4 is 0 Å². The summed E-state index contributed by atoms with van der Waals surface area (Å²) in [5.41, 5.74) is 2.80. The standard InChI is InChI=1S/C29H45FO2/c1-2-3-4-5-6-7-8-9-10-11-12-13-14-15-16-17-18-28-27(23-24-32-29(28)31)25-19-21-26(30)22-20-25/h19-22H,2-18,23-24H2,1H3. The Hall–Kier alpha value is -1.64. The summed E-state index contributed by atoms with van der Waals surface area (Å²) in [7, 11) is 0. The molecule has 0 atom stereocenters. The van der Waals surface area contributed by atoms with Crippen molar-refractivity contribution in [2.24, 2.45) is 0 Å². The maximum atomic E-state index is 13.2. The summed E-state index contributed by atoms with van der Waals surface area (Å²) in [5, 5.41) is 0. The Labute approximate surface area is 196 Å². The number of cyclic esters (lactones) is 1. The van der Waals surface area contributed by atoms with Gasteiger partial charge in [0, 0.05) is 12.0 Å². The maximum absolute atomic E-state index is 13.2. The molecule has 0 saturated heterocycles. The molecule has 0 fully saturated rings. The van der Waals surface area contributed by atoms with Crippen molar-refractivity contribution < 1.29 is 13.9 Å². The quantitative estimate of drug-likeness (QED) is 0.167. The average Bonchev–Trinajstić information content (AvgIpc) is 2.80. The number of unbranched alkanes of at least 4 members (excludes halogenated alkanes) is 15. The van der Waals surface area contributed by atoms with Gasteiger partial charge in [0.2, 0.25) is 0 Å². The Kier molecular flexibility index (Phi) is 14.1. The van der Waals surface area contributed by atoms with Crippen LogP contribution >= 0.6 is 0 Å². The molecule has 0 N–H and O–H groups in total. The van der Waals surface area contributed by atoms with E-state index in [1.165, 1.54) is 102 Å². The Morgan fingerprint density at radius 1 is 0.719 bits per heavy atom. The van der Waals surface area contributed by atoms with E-state index >= 15 is 0 Å². The minimum Gasteiger partial charge on any atom is -0.462 e. The van der Waals surface area contributed by atoms with Crippen molar-refractivity contribution in [3.63, 3.8) is 0 Å². The fourth-order valence-corrected chi connectivity index (χ4v) is 4.68. The molecule has 180 valence electrons. The SMILES string of the molecule is CCCCCCCCCCCCCCCCCCC1=C(c2ccc(F)cc2)CCOC1=O. The first-order chi connectivity index (χ1) is 15.7. The molecule has 0 aliphatic carbocycles. The van der Waals surface area contributed by atoms with Gasteiger partial charge in [-0.15, -0.1) is 0 Å². The molecule has 2 rings (SSSR count). The van der Waals surface area contributed by atoms with Crippen molar-refractivity contribution in [3.05, 3.63) is 41.2 Å². The van der Waals surface area contributed by atoms with E-state index in [1.807, 2.05) is 0 Å². The van der Waals surface area contributed by atoms with E-state index < -0.39 is 0 Å². The Morgan fingerprint density at radius 3 is 1.69 bits per heavy atom. The zero-order valence-corrected chi connectivity index (χ0v) is 20.4. The van der Waals surface area contributed by atoms with E-state index in [0.29, 0.717) is 6.61 Å². The van der Waals surface area contributed by atoms with E-state index in [0.717, 1.165) is 42.4 Å². The lowest BCUT2D eigenvalue weighted by Gasteiger charge is -2.20. The molecular weight excluding hydrogens is 399 g/mol. The second-order valence-electron chi connectivity index (χ2n) is 9.40. The molecule has 0 amide bonds. The van der Waals surface area contributed by atoms with Crippen LogP contribution in [0.1, 0.15) is 128 Å². The molecule has 0 saturated carbocycles. The Bertz CT molecular complexity index is 662. The first-order valence-electron chi connectivity index (χ1n) is 13.4. The molecule has 1 aromatic rings. The third-order valence-corrected chi connectivity index (χ3v) is 6.67. The highest BCUT2D eigenvalue weighted by atomic mass is 19.1. The number of hydrogen-bond acceptors (Lipinski definition) is 2. The van der Waals surface area contributed by atoms with Gasteiger partial charge in [0.05, 0.1) is 6.61 Å². The lowest BCUT2D eigenvalue weighted by atomic mass is 9.92. The highest BCUT2D eigenvalue weighted by Crippen LogP contribution is 2.30. The van der Waals surface area contributed by atoms with Crippen molar-refractivity contribution in [1.29, 1.82) is 0 Å². The second-order valence-corrected chi connectivity index (χ2v) is 9.40. The van der Waals surface area contributed by atoms with Gasteiger partial charge in [0.15, 0.2) is 0 Å². The number of rotatable bonds is 18. The summed E-state index contributed by atoms with van der Waals surface area (Å²) >= 11 is 0. The fourth-order valence-electron chi connectivity index (χ4n) is 4.68. The van der Waals surface area contributed by atoms with Crippen LogP contribution in [-0.4, -0.2) is 12.6 Å². The van der Waals surface area contributed by atoms with Crippen molar-refractivity contribution in [2.75, 3.05) is 6.61 Å². The summed E-state index contributed by atoms with van der Waals surface area (Å²) in [4.78, 5) is 12.3. The van der Waals surface area contributed by atoms with E-state index in [9.17, 15) is 9.18 Å². The van der Waals surface area contributed by atoms with Crippen molar-refractivity contribution in [2.45, 2.75) is 122 Å². The van der Waals surface area contributed by atoms with Crippen LogP contribution in [0, 0.1) is 5.82 Å². The van der Waals surface area contributed by atoms with E-state index in [1.54, 1.807) is 12.1 Å². The molecule has 0 bridgehead atoms. The number of ether oxygens (including phenoxy) is 1. The van der Waals surface area contributed by atoms with Gasteiger partial charge in [-0.3, -0.25) is 0 Å². The predicted molar refractivity (Wildman–Crippen MR) is 133 cm³/mol. The monoisotopic (exact) mass is 444 g/mol. The van der Waals surface area contributed by atoms with Crippen molar-refractivity contribution >= 4 is 11.5 Å². The summed E-state index contributed by atoms with van der Waals surface area (Å²) in [6, 6.07) is 6.48. The fraction of sp³-hybridized carbons (Fsp3) is 0.690. The summed E-state index contributed by atoms with van der Waals surface area (Å²) in [6.07, 6.45) is 23.0. The lowest BCUT2D eigenvalue weighted by Crippen LogP contribution is -2.17. The number of carbonyl (C=O) groups excluding carboxylic acids is 1. The topological polar surface area (TPSA) is 26.3 Å².